The number of hydrogen-bond acceptors (Lipinski definition) is 7. The molecular weight excluding hydrogens is 488 g/mol. The second kappa shape index (κ2) is 12.1. The molecule has 0 aliphatic carbocycles. The molecule has 0 unspecified atom stereocenters. The molecule has 0 atom stereocenters. The molecule has 0 fully saturated rings. The number of rotatable bonds is 9. The van der Waals surface area contributed by atoms with Crippen molar-refractivity contribution in [2.45, 2.75) is 12.8 Å². The number of aromatic nitrogens is 4. The fourth-order valence-electron chi connectivity index (χ4n) is 4.56. The Hall–Kier alpha value is -3.62. The first-order valence-electron chi connectivity index (χ1n) is 12.3. The van der Waals surface area contributed by atoms with Crippen LogP contribution >= 0.6 is 12.4 Å². The summed E-state index contributed by atoms with van der Waals surface area (Å²) in [7, 11) is 5.26. The summed E-state index contributed by atoms with van der Waals surface area (Å²) in [6.07, 6.45) is 12.2. The number of methoxy groups -OCH3 is 2. The summed E-state index contributed by atoms with van der Waals surface area (Å²) in [5, 5.41) is 4.27. The average molecular weight is 521 g/mol. The van der Waals surface area contributed by atoms with Gasteiger partial charge in [-0.25, -0.2) is 4.98 Å². The van der Waals surface area contributed by atoms with Crippen LogP contribution in [0.3, 0.4) is 0 Å². The maximum Gasteiger partial charge on any atom is 0.124 e. The van der Waals surface area contributed by atoms with Crippen LogP contribution in [0.4, 0.5) is 11.4 Å². The van der Waals surface area contributed by atoms with Crippen molar-refractivity contribution in [1.82, 2.24) is 24.6 Å². The maximum atomic E-state index is 5.57. The molecule has 4 aromatic rings. The molecule has 0 spiro atoms. The van der Waals surface area contributed by atoms with Crippen LogP contribution in [0.5, 0.6) is 11.5 Å². The monoisotopic (exact) mass is 520 g/mol. The van der Waals surface area contributed by atoms with Crippen LogP contribution in [0.25, 0.3) is 22.3 Å². The minimum Gasteiger partial charge on any atom is -0.497 e. The topological polar surface area (TPSA) is 68.5 Å². The van der Waals surface area contributed by atoms with E-state index in [-0.39, 0.29) is 12.4 Å². The van der Waals surface area contributed by atoms with Gasteiger partial charge in [0.05, 0.1) is 43.3 Å². The molecule has 2 aromatic carbocycles. The highest BCUT2D eigenvalue weighted by Crippen LogP contribution is 2.34. The summed E-state index contributed by atoms with van der Waals surface area (Å²) in [5.41, 5.74) is 5.52. The highest BCUT2D eigenvalue weighted by atomic mass is 35.5. The van der Waals surface area contributed by atoms with E-state index < -0.39 is 0 Å². The van der Waals surface area contributed by atoms with E-state index in [4.69, 9.17) is 14.5 Å². The standard InChI is InChI=1S/C28H32N6O2.ClH/c1-32-20-21(18-30-32)28-19-29-26-9-8-22(16-27(26)31-28)34(13-7-12-33-10-5-4-6-11-33)23-14-24(35-2)17-25(15-23)36-3;/h4-5,8-9,14-20H,6-7,10-13H2,1-3H3;1H. The number of nitrogens with zero attached hydrogens (tertiary/aromatic N) is 6. The van der Waals surface area contributed by atoms with Gasteiger partial charge in [-0.05, 0) is 31.0 Å². The van der Waals surface area contributed by atoms with Gasteiger partial charge in [0.15, 0.2) is 0 Å². The molecule has 0 amide bonds. The molecule has 0 saturated heterocycles. The lowest BCUT2D eigenvalue weighted by molar-refractivity contribution is 0.296. The summed E-state index contributed by atoms with van der Waals surface area (Å²) < 4.78 is 12.9. The van der Waals surface area contributed by atoms with E-state index in [0.717, 1.165) is 84.2 Å². The van der Waals surface area contributed by atoms with Crippen molar-refractivity contribution >= 4 is 34.8 Å². The van der Waals surface area contributed by atoms with E-state index >= 15 is 0 Å². The Morgan fingerprint density at radius 1 is 0.946 bits per heavy atom. The Morgan fingerprint density at radius 3 is 2.43 bits per heavy atom. The molecule has 2 aromatic heterocycles. The molecule has 194 valence electrons. The number of hydrogen-bond donors (Lipinski definition) is 0. The van der Waals surface area contributed by atoms with Gasteiger partial charge in [-0.3, -0.25) is 14.6 Å². The molecule has 37 heavy (non-hydrogen) atoms. The lowest BCUT2D eigenvalue weighted by Gasteiger charge is -2.28. The lowest BCUT2D eigenvalue weighted by atomic mass is 10.1. The molecule has 0 N–H and O–H groups in total. The second-order valence-corrected chi connectivity index (χ2v) is 8.97. The molecule has 1 aliphatic heterocycles. The molecule has 1 aliphatic rings. The predicted octanol–water partition coefficient (Wildman–Crippen LogP) is 5.26. The van der Waals surface area contributed by atoms with Gasteiger partial charge in [0.25, 0.3) is 0 Å². The minimum absolute atomic E-state index is 0. The van der Waals surface area contributed by atoms with Crippen molar-refractivity contribution < 1.29 is 9.47 Å². The zero-order chi connectivity index (χ0) is 24.9. The van der Waals surface area contributed by atoms with E-state index in [1.807, 2.05) is 43.7 Å². The molecule has 0 bridgehead atoms. The zero-order valence-corrected chi connectivity index (χ0v) is 22.3. The number of aryl methyl sites for hydroxylation is 1. The summed E-state index contributed by atoms with van der Waals surface area (Å²) in [5.74, 6) is 1.52. The quantitative estimate of drug-likeness (QED) is 0.279. The second-order valence-electron chi connectivity index (χ2n) is 8.97. The Morgan fingerprint density at radius 2 is 1.76 bits per heavy atom. The summed E-state index contributed by atoms with van der Waals surface area (Å²) in [6, 6.07) is 12.2. The van der Waals surface area contributed by atoms with E-state index in [1.165, 1.54) is 0 Å². The van der Waals surface area contributed by atoms with E-state index in [2.05, 4.69) is 44.2 Å². The average Bonchev–Trinajstić information content (AvgIpc) is 3.37. The zero-order valence-electron chi connectivity index (χ0n) is 21.5. The Kier molecular flexibility index (Phi) is 8.63. The number of benzene rings is 2. The van der Waals surface area contributed by atoms with E-state index in [1.54, 1.807) is 25.1 Å². The highest BCUT2D eigenvalue weighted by Gasteiger charge is 2.15. The summed E-state index contributed by atoms with van der Waals surface area (Å²) >= 11 is 0. The largest absolute Gasteiger partial charge is 0.497 e. The molecule has 5 rings (SSSR count). The van der Waals surface area contributed by atoms with Gasteiger partial charge in [-0.15, -0.1) is 12.4 Å². The highest BCUT2D eigenvalue weighted by molar-refractivity contribution is 5.85. The molecule has 3 heterocycles. The molecule has 0 saturated carbocycles. The number of anilines is 2. The fraction of sp³-hybridized carbons (Fsp3) is 0.321. The van der Waals surface area contributed by atoms with Crippen LogP contribution in [-0.4, -0.2) is 65.0 Å². The normalized spacial score (nSPS) is 13.4. The first kappa shape index (κ1) is 26.4. The van der Waals surface area contributed by atoms with Gasteiger partial charge >= 0.3 is 0 Å². The maximum absolute atomic E-state index is 5.57. The Balaban J connectivity index is 0.00000320. The van der Waals surface area contributed by atoms with Crippen molar-refractivity contribution in [2.24, 2.45) is 7.05 Å². The van der Waals surface area contributed by atoms with Crippen molar-refractivity contribution in [3.63, 3.8) is 0 Å². The van der Waals surface area contributed by atoms with E-state index in [0.29, 0.717) is 0 Å². The van der Waals surface area contributed by atoms with Gasteiger partial charge in [0.2, 0.25) is 0 Å². The van der Waals surface area contributed by atoms with Crippen LogP contribution < -0.4 is 14.4 Å². The first-order valence-corrected chi connectivity index (χ1v) is 12.3. The van der Waals surface area contributed by atoms with Gasteiger partial charge in [-0.2, -0.15) is 5.10 Å². The van der Waals surface area contributed by atoms with Crippen molar-refractivity contribution in [2.75, 3.05) is 45.3 Å². The predicted molar refractivity (Wildman–Crippen MR) is 150 cm³/mol. The molecular formula is C28H33ClN6O2. The smallest absolute Gasteiger partial charge is 0.124 e. The fourth-order valence-corrected chi connectivity index (χ4v) is 4.56. The van der Waals surface area contributed by atoms with Crippen LogP contribution in [0.1, 0.15) is 12.8 Å². The van der Waals surface area contributed by atoms with Gasteiger partial charge in [0, 0.05) is 74.6 Å². The van der Waals surface area contributed by atoms with Crippen molar-refractivity contribution in [3.8, 4) is 22.8 Å². The van der Waals surface area contributed by atoms with Gasteiger partial charge in [-0.1, -0.05) is 12.2 Å². The van der Waals surface area contributed by atoms with E-state index in [9.17, 15) is 0 Å². The Bertz CT molecular complexity index is 1350. The third-order valence-corrected chi connectivity index (χ3v) is 6.48. The number of ether oxygens (including phenoxy) is 2. The van der Waals surface area contributed by atoms with Gasteiger partial charge < -0.3 is 14.4 Å². The SMILES string of the molecule is COc1cc(OC)cc(N(CCCN2CC=CCC2)c2ccc3ncc(-c4cnn(C)c4)nc3c2)c1.Cl. The van der Waals surface area contributed by atoms with Crippen molar-refractivity contribution in [3.05, 3.63) is 67.1 Å². The lowest BCUT2D eigenvalue weighted by Crippen LogP contribution is -2.30. The third-order valence-electron chi connectivity index (χ3n) is 6.48. The third kappa shape index (κ3) is 6.21. The van der Waals surface area contributed by atoms with Crippen molar-refractivity contribution in [1.29, 1.82) is 0 Å². The molecule has 9 heteroatoms. The van der Waals surface area contributed by atoms with Crippen LogP contribution in [0, 0.1) is 0 Å². The summed E-state index contributed by atoms with van der Waals surface area (Å²) in [6.45, 7) is 4.03. The molecule has 0 radical (unpaired) electrons. The number of fused-ring (bicyclic) bond motifs is 1. The Labute approximate surface area is 223 Å². The van der Waals surface area contributed by atoms with Gasteiger partial charge in [0.1, 0.15) is 11.5 Å². The number of halogens is 1. The van der Waals surface area contributed by atoms with Crippen LogP contribution in [-0.2, 0) is 7.05 Å². The molecule has 8 nitrogen and oxygen atoms in total. The summed E-state index contributed by atoms with van der Waals surface area (Å²) in [4.78, 5) is 14.4. The minimum atomic E-state index is 0. The van der Waals surface area contributed by atoms with Crippen LogP contribution in [0.15, 0.2) is 67.1 Å². The van der Waals surface area contributed by atoms with Crippen LogP contribution in [0.2, 0.25) is 0 Å². The first-order chi connectivity index (χ1) is 17.6.